The van der Waals surface area contributed by atoms with E-state index < -0.39 is 28.4 Å². The molecule has 1 amide bonds. The zero-order valence-electron chi connectivity index (χ0n) is 14.4. The van der Waals surface area contributed by atoms with Gasteiger partial charge in [0.1, 0.15) is 11.4 Å². The first-order valence-electron chi connectivity index (χ1n) is 7.37. The highest BCUT2D eigenvalue weighted by Crippen LogP contribution is 2.34. The Bertz CT molecular complexity index is 764. The second-order valence-electron chi connectivity index (χ2n) is 5.42. The highest BCUT2D eigenvalue weighted by atomic mass is 35.5. The maximum atomic E-state index is 12.9. The van der Waals surface area contributed by atoms with Gasteiger partial charge in [-0.1, -0.05) is 18.5 Å². The van der Waals surface area contributed by atoms with E-state index in [1.165, 1.54) is 32.2 Å². The number of ether oxygens (including phenoxy) is 1. The fourth-order valence-corrected chi connectivity index (χ4v) is 4.16. The van der Waals surface area contributed by atoms with E-state index in [4.69, 9.17) is 21.4 Å². The number of methoxy groups -OCH3 is 1. The molecule has 0 aliphatic heterocycles. The van der Waals surface area contributed by atoms with E-state index in [9.17, 15) is 18.0 Å². The highest BCUT2D eigenvalue weighted by molar-refractivity contribution is 7.89. The lowest BCUT2D eigenvalue weighted by molar-refractivity contribution is -0.137. The number of benzene rings is 1. The third-order valence-corrected chi connectivity index (χ3v) is 5.33. The number of nitrogens with zero attached hydrogens (tertiary/aromatic N) is 2. The summed E-state index contributed by atoms with van der Waals surface area (Å²) in [6.45, 7) is 1.02. The van der Waals surface area contributed by atoms with Gasteiger partial charge in [-0.25, -0.2) is 8.42 Å². The molecule has 140 valence electrons. The van der Waals surface area contributed by atoms with Crippen LogP contribution in [0, 0.1) is 0 Å². The molecular weight excluding hydrogens is 372 g/mol. The molecule has 1 aromatic carbocycles. The van der Waals surface area contributed by atoms with Gasteiger partial charge in [0.25, 0.3) is 5.91 Å². The van der Waals surface area contributed by atoms with Crippen molar-refractivity contribution in [3.8, 4) is 5.75 Å². The Balaban J connectivity index is 3.63. The minimum atomic E-state index is -4.23. The van der Waals surface area contributed by atoms with Gasteiger partial charge < -0.3 is 14.7 Å². The molecule has 0 unspecified atom stereocenters. The molecule has 0 aliphatic rings. The van der Waals surface area contributed by atoms with Crippen LogP contribution in [0.25, 0.3) is 0 Å². The first kappa shape index (κ1) is 21.2. The number of carbonyl (C=O) groups excluding carboxylic acids is 1. The summed E-state index contributed by atoms with van der Waals surface area (Å²) in [5, 5.41) is 9.02. The van der Waals surface area contributed by atoms with E-state index in [1.807, 2.05) is 0 Å². The largest absolute Gasteiger partial charge is 0.494 e. The van der Waals surface area contributed by atoms with Crippen molar-refractivity contribution in [1.82, 2.24) is 9.21 Å². The number of carboxylic acids is 1. The van der Waals surface area contributed by atoms with Crippen molar-refractivity contribution < 1.29 is 27.9 Å². The number of hydrogen-bond donors (Lipinski definition) is 1. The second kappa shape index (κ2) is 8.50. The molecule has 0 radical (unpaired) electrons. The zero-order valence-corrected chi connectivity index (χ0v) is 16.0. The summed E-state index contributed by atoms with van der Waals surface area (Å²) < 4.78 is 31.8. The van der Waals surface area contributed by atoms with Crippen LogP contribution in [0.3, 0.4) is 0 Å². The second-order valence-corrected chi connectivity index (χ2v) is 7.76. The molecular formula is C15H21ClN2O6S. The fourth-order valence-electron chi connectivity index (χ4n) is 2.19. The average Bonchev–Trinajstić information content (AvgIpc) is 2.52. The molecule has 1 N–H and O–H groups in total. The number of carbonyl (C=O) groups is 2. The Morgan fingerprint density at radius 1 is 1.28 bits per heavy atom. The van der Waals surface area contributed by atoms with Crippen LogP contribution in [-0.2, 0) is 14.8 Å². The molecule has 0 bridgehead atoms. The van der Waals surface area contributed by atoms with Gasteiger partial charge in [-0.2, -0.15) is 4.31 Å². The fraction of sp³-hybridized carbons (Fsp3) is 0.467. The molecule has 0 atom stereocenters. The number of aliphatic carboxylic acids is 1. The van der Waals surface area contributed by atoms with Gasteiger partial charge in [0.05, 0.1) is 12.7 Å². The van der Waals surface area contributed by atoms with Gasteiger partial charge in [0.15, 0.2) is 5.75 Å². The van der Waals surface area contributed by atoms with Crippen molar-refractivity contribution in [3.05, 3.63) is 22.7 Å². The van der Waals surface area contributed by atoms with Gasteiger partial charge in [-0.05, 0) is 18.6 Å². The average molecular weight is 393 g/mol. The predicted molar refractivity (Wildman–Crippen MR) is 92.7 cm³/mol. The Labute approximate surface area is 152 Å². The molecule has 25 heavy (non-hydrogen) atoms. The lowest BCUT2D eigenvalue weighted by Gasteiger charge is -2.22. The summed E-state index contributed by atoms with van der Waals surface area (Å²) in [6, 6.07) is 2.45. The maximum absolute atomic E-state index is 12.9. The van der Waals surface area contributed by atoms with Crippen molar-refractivity contribution in [1.29, 1.82) is 0 Å². The van der Waals surface area contributed by atoms with E-state index in [1.54, 1.807) is 6.92 Å². The number of sulfonamides is 1. The van der Waals surface area contributed by atoms with Crippen LogP contribution in [0.4, 0.5) is 0 Å². The Kier molecular flexibility index (Phi) is 7.21. The Hall–Kier alpha value is -1.84. The SMILES string of the molecule is CCCN(CC(=O)O)S(=O)(=O)c1cc(Cl)cc(C(=O)N(C)C)c1OC. The van der Waals surface area contributed by atoms with E-state index in [0.717, 1.165) is 10.4 Å². The number of hydrogen-bond acceptors (Lipinski definition) is 5. The molecule has 10 heteroatoms. The lowest BCUT2D eigenvalue weighted by atomic mass is 10.2. The number of rotatable bonds is 8. The van der Waals surface area contributed by atoms with Gasteiger partial charge in [0, 0.05) is 25.7 Å². The topological polar surface area (TPSA) is 104 Å². The van der Waals surface area contributed by atoms with Gasteiger partial charge >= 0.3 is 5.97 Å². The Morgan fingerprint density at radius 2 is 1.88 bits per heavy atom. The van der Waals surface area contributed by atoms with Crippen LogP contribution in [0.1, 0.15) is 23.7 Å². The summed E-state index contributed by atoms with van der Waals surface area (Å²) in [6.07, 6.45) is 0.416. The van der Waals surface area contributed by atoms with Crippen LogP contribution in [0.15, 0.2) is 17.0 Å². The minimum Gasteiger partial charge on any atom is -0.494 e. The molecule has 0 spiro atoms. The summed E-state index contributed by atoms with van der Waals surface area (Å²) in [5.41, 5.74) is -0.0228. The van der Waals surface area contributed by atoms with E-state index in [0.29, 0.717) is 6.42 Å². The van der Waals surface area contributed by atoms with Crippen LogP contribution >= 0.6 is 11.6 Å². The van der Waals surface area contributed by atoms with Crippen LogP contribution < -0.4 is 4.74 Å². The molecule has 0 saturated heterocycles. The van der Waals surface area contributed by atoms with Crippen molar-refractivity contribution in [2.45, 2.75) is 18.2 Å². The first-order chi connectivity index (χ1) is 11.6. The third kappa shape index (κ3) is 4.83. The smallest absolute Gasteiger partial charge is 0.318 e. The molecule has 1 rings (SSSR count). The monoisotopic (exact) mass is 392 g/mol. The lowest BCUT2D eigenvalue weighted by Crippen LogP contribution is -2.36. The number of carboxylic acid groups (broad SMARTS) is 1. The Morgan fingerprint density at radius 3 is 2.32 bits per heavy atom. The standard InChI is InChI=1S/C15H21ClN2O6S/c1-5-6-18(9-13(19)20)25(22,23)12-8-10(16)7-11(14(12)24-4)15(21)17(2)3/h7-8H,5-6,9H2,1-4H3,(H,19,20). The van der Waals surface area contributed by atoms with Crippen molar-refractivity contribution in [2.75, 3.05) is 34.3 Å². The molecule has 8 nitrogen and oxygen atoms in total. The van der Waals surface area contributed by atoms with Crippen molar-refractivity contribution in [2.24, 2.45) is 0 Å². The molecule has 0 aliphatic carbocycles. The molecule has 0 heterocycles. The van der Waals surface area contributed by atoms with E-state index >= 15 is 0 Å². The number of amides is 1. The van der Waals surface area contributed by atoms with Gasteiger partial charge in [0.2, 0.25) is 10.0 Å². The summed E-state index contributed by atoms with van der Waals surface area (Å²) in [5.74, 6) is -1.95. The van der Waals surface area contributed by atoms with Crippen LogP contribution in [-0.4, -0.2) is 68.9 Å². The molecule has 0 aromatic heterocycles. The normalized spacial score (nSPS) is 11.4. The molecule has 0 saturated carbocycles. The van der Waals surface area contributed by atoms with Crippen molar-refractivity contribution in [3.63, 3.8) is 0 Å². The van der Waals surface area contributed by atoms with E-state index in [2.05, 4.69) is 0 Å². The van der Waals surface area contributed by atoms with Crippen molar-refractivity contribution >= 4 is 33.5 Å². The number of halogens is 1. The van der Waals surface area contributed by atoms with Crippen LogP contribution in [0.2, 0.25) is 5.02 Å². The first-order valence-corrected chi connectivity index (χ1v) is 9.19. The summed E-state index contributed by atoms with van der Waals surface area (Å²) >= 11 is 6.00. The predicted octanol–water partition coefficient (Wildman–Crippen LogP) is 1.54. The quantitative estimate of drug-likeness (QED) is 0.719. The molecule has 1 aromatic rings. The summed E-state index contributed by atoms with van der Waals surface area (Å²) in [7, 11) is 0.00851. The molecule has 0 fully saturated rings. The highest BCUT2D eigenvalue weighted by Gasteiger charge is 2.32. The van der Waals surface area contributed by atoms with Crippen LogP contribution in [0.5, 0.6) is 5.75 Å². The van der Waals surface area contributed by atoms with Gasteiger partial charge in [-0.3, -0.25) is 9.59 Å². The zero-order chi connectivity index (χ0) is 19.4. The maximum Gasteiger partial charge on any atom is 0.318 e. The van der Waals surface area contributed by atoms with E-state index in [-0.39, 0.29) is 27.8 Å². The third-order valence-electron chi connectivity index (χ3n) is 3.26. The summed E-state index contributed by atoms with van der Waals surface area (Å²) in [4.78, 5) is 24.2. The van der Waals surface area contributed by atoms with Gasteiger partial charge in [-0.15, -0.1) is 0 Å². The minimum absolute atomic E-state index is 0.00125.